The first-order valence-electron chi connectivity index (χ1n) is 9.53. The number of nitrogens with zero attached hydrogens (tertiary/aromatic N) is 4. The molecule has 1 aromatic heterocycles. The first-order chi connectivity index (χ1) is 12.7. The molecule has 1 fully saturated rings. The molecule has 2 N–H and O–H groups in total. The van der Waals surface area contributed by atoms with Gasteiger partial charge in [0, 0.05) is 32.0 Å². The molecule has 1 aromatic rings. The SMILES string of the molecule is CCNC(=NCCc1nc(C(C)C)no1)NC1CN(C(=O)OC(C)(C)C)C1.I. The van der Waals surface area contributed by atoms with E-state index in [9.17, 15) is 4.79 Å². The van der Waals surface area contributed by atoms with Crippen molar-refractivity contribution in [1.29, 1.82) is 0 Å². The summed E-state index contributed by atoms with van der Waals surface area (Å²) in [7, 11) is 0. The van der Waals surface area contributed by atoms with Gasteiger partial charge in [0.05, 0.1) is 12.6 Å². The smallest absolute Gasteiger partial charge is 0.410 e. The van der Waals surface area contributed by atoms with Crippen LogP contribution >= 0.6 is 24.0 Å². The zero-order valence-electron chi connectivity index (χ0n) is 17.6. The highest BCUT2D eigenvalue weighted by Gasteiger charge is 2.34. The minimum absolute atomic E-state index is 0. The van der Waals surface area contributed by atoms with Crippen LogP contribution in [0.15, 0.2) is 9.52 Å². The van der Waals surface area contributed by atoms with Gasteiger partial charge in [-0.05, 0) is 27.7 Å². The van der Waals surface area contributed by atoms with Gasteiger partial charge in [0.1, 0.15) is 5.60 Å². The Morgan fingerprint density at radius 2 is 2.07 bits per heavy atom. The van der Waals surface area contributed by atoms with Crippen LogP contribution in [-0.4, -0.2) is 64.9 Å². The molecule has 160 valence electrons. The Labute approximate surface area is 184 Å². The molecular weight excluding hydrogens is 475 g/mol. The molecule has 9 nitrogen and oxygen atoms in total. The summed E-state index contributed by atoms with van der Waals surface area (Å²) in [5.41, 5.74) is -0.476. The van der Waals surface area contributed by atoms with Gasteiger partial charge in [-0.3, -0.25) is 4.99 Å². The molecule has 0 atom stereocenters. The highest BCUT2D eigenvalue weighted by atomic mass is 127. The Bertz CT molecular complexity index is 650. The fraction of sp³-hybridized carbons (Fsp3) is 0.778. The molecule has 1 amide bonds. The molecule has 0 aliphatic carbocycles. The van der Waals surface area contributed by atoms with E-state index in [0.29, 0.717) is 31.9 Å². The highest BCUT2D eigenvalue weighted by molar-refractivity contribution is 14.0. The molecule has 0 spiro atoms. The van der Waals surface area contributed by atoms with Crippen molar-refractivity contribution < 1.29 is 14.1 Å². The number of halogens is 1. The molecule has 2 rings (SSSR count). The fourth-order valence-electron chi connectivity index (χ4n) is 2.43. The normalized spacial score (nSPS) is 15.1. The van der Waals surface area contributed by atoms with Crippen molar-refractivity contribution >= 4 is 36.0 Å². The van der Waals surface area contributed by atoms with E-state index < -0.39 is 5.60 Å². The molecule has 1 aliphatic heterocycles. The largest absolute Gasteiger partial charge is 0.444 e. The van der Waals surface area contributed by atoms with Crippen molar-refractivity contribution in [2.45, 2.75) is 65.5 Å². The molecule has 0 bridgehead atoms. The monoisotopic (exact) mass is 508 g/mol. The van der Waals surface area contributed by atoms with Crippen molar-refractivity contribution in [3.8, 4) is 0 Å². The number of guanidine groups is 1. The minimum atomic E-state index is -0.476. The van der Waals surface area contributed by atoms with Crippen LogP contribution in [0.2, 0.25) is 0 Å². The van der Waals surface area contributed by atoms with E-state index in [1.54, 1.807) is 4.90 Å². The second-order valence-electron chi connectivity index (χ2n) is 7.94. The van der Waals surface area contributed by atoms with Gasteiger partial charge >= 0.3 is 6.09 Å². The second kappa shape index (κ2) is 10.8. The third-order valence-electron chi connectivity index (χ3n) is 3.81. The van der Waals surface area contributed by atoms with Crippen molar-refractivity contribution in [3.63, 3.8) is 0 Å². The Morgan fingerprint density at radius 1 is 1.39 bits per heavy atom. The zero-order valence-corrected chi connectivity index (χ0v) is 19.9. The predicted molar refractivity (Wildman–Crippen MR) is 118 cm³/mol. The Hall–Kier alpha value is -1.59. The summed E-state index contributed by atoms with van der Waals surface area (Å²) < 4.78 is 10.6. The number of ether oxygens (including phenoxy) is 1. The minimum Gasteiger partial charge on any atom is -0.444 e. The van der Waals surface area contributed by atoms with Gasteiger partial charge < -0.3 is 24.8 Å². The van der Waals surface area contributed by atoms with Crippen molar-refractivity contribution in [2.24, 2.45) is 4.99 Å². The summed E-state index contributed by atoms with van der Waals surface area (Å²) in [6.07, 6.45) is 0.310. The number of rotatable bonds is 6. The van der Waals surface area contributed by atoms with E-state index in [0.717, 1.165) is 18.3 Å². The Balaban J connectivity index is 0.00000392. The Morgan fingerprint density at radius 3 is 2.61 bits per heavy atom. The zero-order chi connectivity index (χ0) is 20.0. The van der Waals surface area contributed by atoms with Crippen LogP contribution in [0.25, 0.3) is 0 Å². The number of hydrogen-bond acceptors (Lipinski definition) is 6. The van der Waals surface area contributed by atoms with Gasteiger partial charge in [-0.15, -0.1) is 24.0 Å². The lowest BCUT2D eigenvalue weighted by Crippen LogP contribution is -2.63. The van der Waals surface area contributed by atoms with Gasteiger partial charge in [-0.2, -0.15) is 4.98 Å². The summed E-state index contributed by atoms with van der Waals surface area (Å²) in [5, 5.41) is 10.5. The molecule has 28 heavy (non-hydrogen) atoms. The number of likely N-dealkylation sites (tertiary alicyclic amines) is 1. The van der Waals surface area contributed by atoms with Crippen LogP contribution in [0.5, 0.6) is 0 Å². The van der Waals surface area contributed by atoms with Crippen molar-refractivity contribution in [3.05, 3.63) is 11.7 Å². The number of aliphatic imine (C=N–C) groups is 1. The van der Waals surface area contributed by atoms with E-state index in [1.807, 2.05) is 41.5 Å². The summed E-state index contributed by atoms with van der Waals surface area (Å²) in [6.45, 7) is 14.2. The lowest BCUT2D eigenvalue weighted by Gasteiger charge is -2.40. The van der Waals surface area contributed by atoms with Gasteiger partial charge in [-0.1, -0.05) is 19.0 Å². The standard InChI is InChI=1S/C18H32N6O3.HI/c1-7-19-16(20-9-8-14-22-15(12(2)3)23-27-14)21-13-10-24(11-13)17(25)26-18(4,5)6;/h12-13H,7-11H2,1-6H3,(H2,19,20,21);1H. The van der Waals surface area contributed by atoms with Crippen molar-refractivity contribution in [1.82, 2.24) is 25.7 Å². The number of carbonyl (C=O) groups excluding carboxylic acids is 1. The van der Waals surface area contributed by atoms with Crippen molar-refractivity contribution in [2.75, 3.05) is 26.2 Å². The average molecular weight is 508 g/mol. The van der Waals surface area contributed by atoms with Crippen LogP contribution in [0.1, 0.15) is 59.2 Å². The molecule has 0 aromatic carbocycles. The maximum absolute atomic E-state index is 12.0. The number of nitrogens with one attached hydrogen (secondary N) is 2. The molecule has 0 saturated carbocycles. The topological polar surface area (TPSA) is 105 Å². The first-order valence-corrected chi connectivity index (χ1v) is 9.53. The summed E-state index contributed by atoms with van der Waals surface area (Å²) in [6, 6.07) is 0.159. The highest BCUT2D eigenvalue weighted by Crippen LogP contribution is 2.15. The van der Waals surface area contributed by atoms with Crippen LogP contribution in [0, 0.1) is 0 Å². The molecule has 0 unspecified atom stereocenters. The van der Waals surface area contributed by atoms with Crippen LogP contribution < -0.4 is 10.6 Å². The van der Waals surface area contributed by atoms with E-state index in [-0.39, 0.29) is 42.0 Å². The van der Waals surface area contributed by atoms with Gasteiger partial charge in [0.15, 0.2) is 11.8 Å². The summed E-state index contributed by atoms with van der Waals surface area (Å²) >= 11 is 0. The number of carbonyl (C=O) groups is 1. The van der Waals surface area contributed by atoms with Crippen LogP contribution in [0.3, 0.4) is 0 Å². The second-order valence-corrected chi connectivity index (χ2v) is 7.94. The average Bonchev–Trinajstić information content (AvgIpc) is 2.97. The number of aromatic nitrogens is 2. The van der Waals surface area contributed by atoms with E-state index in [1.165, 1.54) is 0 Å². The van der Waals surface area contributed by atoms with E-state index in [2.05, 4.69) is 25.8 Å². The summed E-state index contributed by atoms with van der Waals surface area (Å²) in [4.78, 5) is 22.6. The van der Waals surface area contributed by atoms with E-state index >= 15 is 0 Å². The third kappa shape index (κ3) is 7.80. The van der Waals surface area contributed by atoms with Crippen LogP contribution in [-0.2, 0) is 11.2 Å². The lowest BCUT2D eigenvalue weighted by molar-refractivity contribution is 0.00700. The molecule has 2 heterocycles. The maximum Gasteiger partial charge on any atom is 0.410 e. The molecule has 0 radical (unpaired) electrons. The molecular formula is C18H33IN6O3. The number of hydrogen-bond donors (Lipinski definition) is 2. The van der Waals surface area contributed by atoms with E-state index in [4.69, 9.17) is 9.26 Å². The quantitative estimate of drug-likeness (QED) is 0.346. The van der Waals surface area contributed by atoms with Gasteiger partial charge in [0.2, 0.25) is 5.89 Å². The third-order valence-corrected chi connectivity index (χ3v) is 3.81. The van der Waals surface area contributed by atoms with Gasteiger partial charge in [-0.25, -0.2) is 4.79 Å². The molecule has 1 aliphatic rings. The predicted octanol–water partition coefficient (Wildman–Crippen LogP) is 2.53. The summed E-state index contributed by atoms with van der Waals surface area (Å²) in [5.74, 6) is 2.28. The Kier molecular flexibility index (Phi) is 9.45. The lowest BCUT2D eigenvalue weighted by atomic mass is 10.1. The first kappa shape index (κ1) is 24.4. The molecule has 10 heteroatoms. The fourth-order valence-corrected chi connectivity index (χ4v) is 2.43. The number of amides is 1. The van der Waals surface area contributed by atoms with Crippen LogP contribution in [0.4, 0.5) is 4.79 Å². The molecule has 1 saturated heterocycles. The van der Waals surface area contributed by atoms with Gasteiger partial charge in [0.25, 0.3) is 0 Å². The maximum atomic E-state index is 12.0.